The maximum atomic E-state index is 11.0. The number of fused-ring (bicyclic) bond motifs is 1. The fourth-order valence-corrected chi connectivity index (χ4v) is 2.86. The minimum atomic E-state index is -0.321. The minimum Gasteiger partial charge on any atom is -0.427 e. The standard InChI is InChI=1S/C19H16ClNO2/c1-12-10-16(23-13(2)22)7-5-15(12)11-17-18(20)8-6-14-4-3-9-21-19(14)17/h3-10H,11H2,1-2H3. The van der Waals surface area contributed by atoms with Crippen LogP contribution in [-0.2, 0) is 11.2 Å². The van der Waals surface area contributed by atoms with Gasteiger partial charge in [-0.15, -0.1) is 0 Å². The lowest BCUT2D eigenvalue weighted by Gasteiger charge is -2.11. The number of hydrogen-bond acceptors (Lipinski definition) is 3. The quantitative estimate of drug-likeness (QED) is 0.517. The predicted molar refractivity (Wildman–Crippen MR) is 92.0 cm³/mol. The van der Waals surface area contributed by atoms with Crippen LogP contribution < -0.4 is 4.74 Å². The van der Waals surface area contributed by atoms with Crippen LogP contribution in [0.1, 0.15) is 23.6 Å². The number of carbonyl (C=O) groups excluding carboxylic acids is 1. The molecule has 1 aromatic heterocycles. The summed E-state index contributed by atoms with van der Waals surface area (Å²) in [6.07, 6.45) is 2.46. The summed E-state index contributed by atoms with van der Waals surface area (Å²) < 4.78 is 5.12. The van der Waals surface area contributed by atoms with Gasteiger partial charge in [-0.05, 0) is 42.3 Å². The van der Waals surface area contributed by atoms with Crippen molar-refractivity contribution in [3.05, 3.63) is 70.4 Å². The number of carbonyl (C=O) groups is 1. The van der Waals surface area contributed by atoms with Crippen LogP contribution in [0, 0.1) is 6.92 Å². The molecule has 0 amide bonds. The topological polar surface area (TPSA) is 39.2 Å². The molecule has 0 aliphatic carbocycles. The summed E-state index contributed by atoms with van der Waals surface area (Å²) in [6, 6.07) is 13.5. The van der Waals surface area contributed by atoms with Crippen molar-refractivity contribution in [3.63, 3.8) is 0 Å². The Kier molecular flexibility index (Phi) is 4.30. The van der Waals surface area contributed by atoms with Crippen molar-refractivity contribution < 1.29 is 9.53 Å². The molecule has 0 atom stereocenters. The van der Waals surface area contributed by atoms with Crippen LogP contribution in [0.5, 0.6) is 5.75 Å². The van der Waals surface area contributed by atoms with Crippen LogP contribution in [-0.4, -0.2) is 11.0 Å². The second kappa shape index (κ2) is 6.39. The predicted octanol–water partition coefficient (Wildman–Crippen LogP) is 4.71. The van der Waals surface area contributed by atoms with E-state index in [9.17, 15) is 4.79 Å². The average molecular weight is 326 g/mol. The van der Waals surface area contributed by atoms with Gasteiger partial charge in [0.1, 0.15) is 5.75 Å². The average Bonchev–Trinajstić information content (AvgIpc) is 2.51. The van der Waals surface area contributed by atoms with Gasteiger partial charge in [0.2, 0.25) is 0 Å². The fraction of sp³-hybridized carbons (Fsp3) is 0.158. The molecule has 23 heavy (non-hydrogen) atoms. The number of hydrogen-bond donors (Lipinski definition) is 0. The Hall–Kier alpha value is -2.39. The Labute approximate surface area is 139 Å². The Morgan fingerprint density at radius 1 is 1.22 bits per heavy atom. The van der Waals surface area contributed by atoms with Crippen LogP contribution in [0.15, 0.2) is 48.7 Å². The van der Waals surface area contributed by atoms with E-state index in [0.29, 0.717) is 17.2 Å². The Morgan fingerprint density at radius 3 is 2.78 bits per heavy atom. The smallest absolute Gasteiger partial charge is 0.308 e. The summed E-state index contributed by atoms with van der Waals surface area (Å²) in [4.78, 5) is 15.5. The number of pyridine rings is 1. The van der Waals surface area contributed by atoms with Crippen LogP contribution in [0.3, 0.4) is 0 Å². The molecule has 3 rings (SSSR count). The number of ether oxygens (including phenoxy) is 1. The van der Waals surface area contributed by atoms with E-state index in [2.05, 4.69) is 4.98 Å². The van der Waals surface area contributed by atoms with Crippen LogP contribution in [0.2, 0.25) is 5.02 Å². The van der Waals surface area contributed by atoms with Crippen LogP contribution in [0.4, 0.5) is 0 Å². The number of aromatic nitrogens is 1. The second-order valence-electron chi connectivity index (χ2n) is 5.46. The highest BCUT2D eigenvalue weighted by Gasteiger charge is 2.10. The maximum Gasteiger partial charge on any atom is 0.308 e. The summed E-state index contributed by atoms with van der Waals surface area (Å²) in [5.74, 6) is 0.235. The molecular formula is C19H16ClNO2. The third kappa shape index (κ3) is 3.35. The molecule has 4 heteroatoms. The first kappa shape index (κ1) is 15.5. The molecule has 0 fully saturated rings. The van der Waals surface area contributed by atoms with E-state index in [0.717, 1.165) is 27.6 Å². The van der Waals surface area contributed by atoms with E-state index in [1.807, 2.05) is 43.3 Å². The van der Waals surface area contributed by atoms with E-state index in [-0.39, 0.29) is 5.97 Å². The van der Waals surface area contributed by atoms with E-state index in [1.54, 1.807) is 12.3 Å². The van der Waals surface area contributed by atoms with Crippen molar-refractivity contribution in [2.45, 2.75) is 20.3 Å². The van der Waals surface area contributed by atoms with Crippen molar-refractivity contribution in [2.75, 3.05) is 0 Å². The summed E-state index contributed by atoms with van der Waals surface area (Å²) >= 11 is 6.40. The SMILES string of the molecule is CC(=O)Oc1ccc(Cc2c(Cl)ccc3cccnc23)c(C)c1. The zero-order chi connectivity index (χ0) is 16.4. The zero-order valence-electron chi connectivity index (χ0n) is 13.0. The van der Waals surface area contributed by atoms with Gasteiger partial charge in [-0.25, -0.2) is 0 Å². The number of aryl methyl sites for hydroxylation is 1. The lowest BCUT2D eigenvalue weighted by atomic mass is 9.98. The van der Waals surface area contributed by atoms with Gasteiger partial charge in [0.15, 0.2) is 0 Å². The first-order valence-electron chi connectivity index (χ1n) is 7.34. The third-order valence-electron chi connectivity index (χ3n) is 3.77. The molecule has 0 aliphatic rings. The van der Waals surface area contributed by atoms with Gasteiger partial charge in [0.05, 0.1) is 5.52 Å². The second-order valence-corrected chi connectivity index (χ2v) is 5.87. The number of benzene rings is 2. The monoisotopic (exact) mass is 325 g/mol. The summed E-state index contributed by atoms with van der Waals surface area (Å²) in [5, 5.41) is 1.78. The van der Waals surface area contributed by atoms with E-state index in [4.69, 9.17) is 16.3 Å². The van der Waals surface area contributed by atoms with Crippen molar-refractivity contribution in [1.82, 2.24) is 4.98 Å². The van der Waals surface area contributed by atoms with E-state index < -0.39 is 0 Å². The number of esters is 1. The van der Waals surface area contributed by atoms with Gasteiger partial charge in [-0.2, -0.15) is 0 Å². The van der Waals surface area contributed by atoms with Crippen molar-refractivity contribution >= 4 is 28.5 Å². The molecule has 3 nitrogen and oxygen atoms in total. The summed E-state index contributed by atoms with van der Waals surface area (Å²) in [6.45, 7) is 3.39. The highest BCUT2D eigenvalue weighted by molar-refractivity contribution is 6.32. The number of halogens is 1. The van der Waals surface area contributed by atoms with Gasteiger partial charge < -0.3 is 4.74 Å². The molecule has 0 unspecified atom stereocenters. The summed E-state index contributed by atoms with van der Waals surface area (Å²) in [7, 11) is 0. The fourth-order valence-electron chi connectivity index (χ4n) is 2.64. The maximum absolute atomic E-state index is 11.0. The molecule has 3 aromatic rings. The lowest BCUT2D eigenvalue weighted by molar-refractivity contribution is -0.131. The first-order valence-corrected chi connectivity index (χ1v) is 7.72. The molecule has 0 aliphatic heterocycles. The third-order valence-corrected chi connectivity index (χ3v) is 4.12. The normalized spacial score (nSPS) is 10.7. The first-order chi connectivity index (χ1) is 11.0. The molecule has 0 saturated carbocycles. The van der Waals surface area contributed by atoms with Crippen molar-refractivity contribution in [3.8, 4) is 5.75 Å². The van der Waals surface area contributed by atoms with Gasteiger partial charge in [-0.3, -0.25) is 9.78 Å². The van der Waals surface area contributed by atoms with Gasteiger partial charge in [0.25, 0.3) is 0 Å². The molecule has 0 spiro atoms. The van der Waals surface area contributed by atoms with Gasteiger partial charge in [-0.1, -0.05) is 29.8 Å². The molecule has 2 aromatic carbocycles. The molecule has 0 radical (unpaired) electrons. The van der Waals surface area contributed by atoms with Crippen molar-refractivity contribution in [1.29, 1.82) is 0 Å². The molecule has 0 saturated heterocycles. The van der Waals surface area contributed by atoms with E-state index in [1.165, 1.54) is 6.92 Å². The van der Waals surface area contributed by atoms with Crippen molar-refractivity contribution in [2.24, 2.45) is 0 Å². The largest absolute Gasteiger partial charge is 0.427 e. The minimum absolute atomic E-state index is 0.321. The molecule has 0 N–H and O–H groups in total. The van der Waals surface area contributed by atoms with Crippen LogP contribution in [0.25, 0.3) is 10.9 Å². The lowest BCUT2D eigenvalue weighted by Crippen LogP contribution is -2.02. The Bertz CT molecular complexity index is 890. The van der Waals surface area contributed by atoms with E-state index >= 15 is 0 Å². The molecule has 116 valence electrons. The number of nitrogens with zero attached hydrogens (tertiary/aromatic N) is 1. The number of rotatable bonds is 3. The Morgan fingerprint density at radius 2 is 2.04 bits per heavy atom. The molecular weight excluding hydrogens is 310 g/mol. The molecule has 1 heterocycles. The van der Waals surface area contributed by atoms with Gasteiger partial charge in [0, 0.05) is 35.5 Å². The van der Waals surface area contributed by atoms with Crippen LogP contribution >= 0.6 is 11.6 Å². The highest BCUT2D eigenvalue weighted by Crippen LogP contribution is 2.28. The summed E-state index contributed by atoms with van der Waals surface area (Å²) in [5.41, 5.74) is 4.10. The molecule has 0 bridgehead atoms. The Balaban J connectivity index is 1.99. The zero-order valence-corrected chi connectivity index (χ0v) is 13.7. The highest BCUT2D eigenvalue weighted by atomic mass is 35.5. The van der Waals surface area contributed by atoms with Gasteiger partial charge >= 0.3 is 5.97 Å².